The van der Waals surface area contributed by atoms with Crippen LogP contribution in [0.3, 0.4) is 0 Å². The number of carbonyl (C=O) groups excluding carboxylic acids is 1. The molecule has 1 amide bonds. The van der Waals surface area contributed by atoms with Crippen LogP contribution in [0.1, 0.15) is 46.1 Å². The summed E-state index contributed by atoms with van der Waals surface area (Å²) in [5, 5.41) is 11.4. The summed E-state index contributed by atoms with van der Waals surface area (Å²) in [6.45, 7) is 12.3. The summed E-state index contributed by atoms with van der Waals surface area (Å²) < 4.78 is 25.3. The smallest absolute Gasteiger partial charge is 0.251 e. The van der Waals surface area contributed by atoms with E-state index < -0.39 is 16.7 Å². The van der Waals surface area contributed by atoms with Crippen LogP contribution in [0.5, 0.6) is 5.75 Å². The lowest BCUT2D eigenvalue weighted by atomic mass is 9.84. The van der Waals surface area contributed by atoms with Gasteiger partial charge in [-0.25, -0.2) is 4.39 Å². The molecule has 1 saturated heterocycles. The van der Waals surface area contributed by atoms with Crippen molar-refractivity contribution in [2.24, 2.45) is 5.41 Å². The average molecular weight is 447 g/mol. The van der Waals surface area contributed by atoms with Gasteiger partial charge in [-0.15, -0.1) is 0 Å². The average Bonchev–Trinajstić information content (AvgIpc) is 2.99. The summed E-state index contributed by atoms with van der Waals surface area (Å²) in [5.74, 6) is 3.66. The largest absolute Gasteiger partial charge is 0.506 e. The first-order chi connectivity index (χ1) is 14.5. The number of aryl methyl sites for hydroxylation is 1. The summed E-state index contributed by atoms with van der Waals surface area (Å²) in [6, 6.07) is 7.14. The number of phenolic OH excluding ortho intramolecular Hbond substituents is 1. The minimum Gasteiger partial charge on any atom is -0.506 e. The van der Waals surface area contributed by atoms with E-state index in [1.54, 1.807) is 0 Å². The number of carbonyl (C=O) groups is 1. The molecule has 1 fully saturated rings. The van der Waals surface area contributed by atoms with Crippen molar-refractivity contribution in [3.63, 3.8) is 0 Å². The number of ether oxygens (including phenoxy) is 1. The normalized spacial score (nSPS) is 16.8. The fourth-order valence-electron chi connectivity index (χ4n) is 3.70. The lowest BCUT2D eigenvalue weighted by molar-refractivity contribution is -0.117. The summed E-state index contributed by atoms with van der Waals surface area (Å²) in [6.07, 6.45) is 2.68. The van der Waals surface area contributed by atoms with E-state index in [1.165, 1.54) is 10.4 Å². The minimum atomic E-state index is -0.921. The predicted molar refractivity (Wildman–Crippen MR) is 128 cm³/mol. The molecule has 2 aromatic carbocycles. The van der Waals surface area contributed by atoms with E-state index >= 15 is 4.39 Å². The molecule has 0 saturated carbocycles. The summed E-state index contributed by atoms with van der Waals surface area (Å²) in [5.41, 5.74) is 0.882. The van der Waals surface area contributed by atoms with Crippen LogP contribution in [0, 0.1) is 11.2 Å². The molecular formula is C24H31FN2O3S. The Labute approximate surface area is 186 Å². The van der Waals surface area contributed by atoms with Crippen molar-refractivity contribution >= 4 is 39.1 Å². The van der Waals surface area contributed by atoms with Gasteiger partial charge in [0.15, 0.2) is 5.82 Å². The van der Waals surface area contributed by atoms with Crippen LogP contribution in [-0.4, -0.2) is 29.5 Å². The molecule has 0 aromatic heterocycles. The van der Waals surface area contributed by atoms with E-state index in [0.29, 0.717) is 10.8 Å². The first-order valence-corrected chi connectivity index (χ1v) is 11.8. The van der Waals surface area contributed by atoms with Crippen molar-refractivity contribution in [1.29, 1.82) is 0 Å². The second-order valence-electron chi connectivity index (χ2n) is 8.87. The Bertz CT molecular complexity index is 1050. The van der Waals surface area contributed by atoms with E-state index in [4.69, 9.17) is 4.74 Å². The number of anilines is 1. The van der Waals surface area contributed by atoms with Crippen LogP contribution in [0.15, 0.2) is 36.6 Å². The monoisotopic (exact) mass is 446 g/mol. The van der Waals surface area contributed by atoms with Crippen molar-refractivity contribution < 1.29 is 19.0 Å². The zero-order valence-corrected chi connectivity index (χ0v) is 19.4. The standard InChI is InChI=1S/C24H31FN2O3S/c1-15(2)30-16(3)24(4,5)11-7-8-17-9-10-18-13-20(28)23(22(25)19(18)12-17)27-14-21(29)26-31(27)6/h9-10,12-13,15,28H,3,6-8,11,14H2,1-2,4-5H3,(H,26,29). The fraction of sp³-hybridized carbons (Fsp3) is 0.417. The SMILES string of the molecule is C=C(OC(C)C)C(C)(C)CCCc1ccc2cc(O)c(N3CC(=O)NS3=C)c(F)c2c1. The topological polar surface area (TPSA) is 61.8 Å². The zero-order valence-electron chi connectivity index (χ0n) is 18.6. The van der Waals surface area contributed by atoms with Gasteiger partial charge in [0.2, 0.25) is 0 Å². The maximum absolute atomic E-state index is 15.4. The van der Waals surface area contributed by atoms with Crippen molar-refractivity contribution in [1.82, 2.24) is 4.72 Å². The van der Waals surface area contributed by atoms with Gasteiger partial charge in [0, 0.05) is 10.8 Å². The lowest BCUT2D eigenvalue weighted by Crippen LogP contribution is -2.19. The van der Waals surface area contributed by atoms with E-state index in [0.717, 1.165) is 30.6 Å². The van der Waals surface area contributed by atoms with Crippen LogP contribution < -0.4 is 9.03 Å². The second kappa shape index (κ2) is 8.91. The zero-order chi connectivity index (χ0) is 22.9. The molecule has 5 nitrogen and oxygen atoms in total. The maximum Gasteiger partial charge on any atom is 0.251 e. The van der Waals surface area contributed by atoms with Gasteiger partial charge in [-0.3, -0.25) is 13.8 Å². The predicted octanol–water partition coefficient (Wildman–Crippen LogP) is 5.44. The number of hydrogen-bond acceptors (Lipinski definition) is 4. The number of hydrogen-bond donors (Lipinski definition) is 2. The molecule has 1 aliphatic heterocycles. The van der Waals surface area contributed by atoms with Gasteiger partial charge >= 0.3 is 0 Å². The maximum atomic E-state index is 15.4. The number of amides is 1. The summed E-state index contributed by atoms with van der Waals surface area (Å²) in [7, 11) is -0.921. The van der Waals surface area contributed by atoms with Gasteiger partial charge < -0.3 is 9.84 Å². The Morgan fingerprint density at radius 1 is 1.39 bits per heavy atom. The van der Waals surface area contributed by atoms with Gasteiger partial charge in [-0.2, -0.15) is 0 Å². The third-order valence-corrected chi connectivity index (χ3v) is 6.84. The fourth-order valence-corrected chi connectivity index (χ4v) is 4.81. The molecule has 1 aliphatic rings. The van der Waals surface area contributed by atoms with E-state index in [1.807, 2.05) is 32.0 Å². The third-order valence-electron chi connectivity index (χ3n) is 5.53. The Morgan fingerprint density at radius 2 is 2.10 bits per heavy atom. The molecule has 0 aliphatic carbocycles. The molecule has 1 unspecified atom stereocenters. The molecule has 31 heavy (non-hydrogen) atoms. The molecule has 168 valence electrons. The lowest BCUT2D eigenvalue weighted by Gasteiger charge is -2.28. The van der Waals surface area contributed by atoms with Crippen LogP contribution in [0.2, 0.25) is 0 Å². The highest BCUT2D eigenvalue weighted by Crippen LogP contribution is 2.41. The van der Waals surface area contributed by atoms with Crippen molar-refractivity contribution in [3.05, 3.63) is 48.0 Å². The highest BCUT2D eigenvalue weighted by Gasteiger charge is 2.28. The molecule has 2 N–H and O–H groups in total. The number of phenols is 1. The molecule has 0 bridgehead atoms. The number of halogens is 1. The van der Waals surface area contributed by atoms with Gasteiger partial charge in [0.25, 0.3) is 5.91 Å². The number of benzene rings is 2. The Kier molecular flexibility index (Phi) is 6.65. The number of rotatable bonds is 8. The van der Waals surface area contributed by atoms with Gasteiger partial charge in [0.1, 0.15) is 18.0 Å². The summed E-state index contributed by atoms with van der Waals surface area (Å²) in [4.78, 5) is 11.7. The Balaban J connectivity index is 1.80. The van der Waals surface area contributed by atoms with Crippen LogP contribution in [-0.2, 0) is 16.0 Å². The minimum absolute atomic E-state index is 0.0181. The molecule has 1 atom stereocenters. The number of allylic oxidation sites excluding steroid dienone is 1. The van der Waals surface area contributed by atoms with Crippen molar-refractivity contribution in [2.45, 2.75) is 53.1 Å². The van der Waals surface area contributed by atoms with E-state index in [9.17, 15) is 9.90 Å². The van der Waals surface area contributed by atoms with Crippen LogP contribution in [0.25, 0.3) is 10.8 Å². The molecule has 2 aromatic rings. The number of aromatic hydroxyl groups is 1. The molecular weight excluding hydrogens is 415 g/mol. The molecule has 7 heteroatoms. The Hall–Kier alpha value is -2.54. The molecule has 1 heterocycles. The van der Waals surface area contributed by atoms with Crippen molar-refractivity contribution in [2.75, 3.05) is 10.8 Å². The highest BCUT2D eigenvalue weighted by molar-refractivity contribution is 8.14. The van der Waals surface area contributed by atoms with Crippen molar-refractivity contribution in [3.8, 4) is 5.75 Å². The number of nitrogens with zero attached hydrogens (tertiary/aromatic N) is 1. The van der Waals surface area contributed by atoms with Gasteiger partial charge in [-0.05, 0) is 72.9 Å². The molecule has 3 rings (SSSR count). The Morgan fingerprint density at radius 3 is 2.71 bits per heavy atom. The van der Waals surface area contributed by atoms with Gasteiger partial charge in [0.05, 0.1) is 11.9 Å². The molecule has 0 radical (unpaired) electrons. The number of nitrogens with one attached hydrogen (secondary N) is 1. The first kappa shape index (κ1) is 23.1. The number of fused-ring (bicyclic) bond motifs is 1. The van der Waals surface area contributed by atoms with Crippen LogP contribution in [0.4, 0.5) is 10.1 Å². The quantitative estimate of drug-likeness (QED) is 0.419. The first-order valence-electron chi connectivity index (χ1n) is 10.4. The highest BCUT2D eigenvalue weighted by atomic mass is 32.2. The van der Waals surface area contributed by atoms with Gasteiger partial charge in [-0.1, -0.05) is 32.6 Å². The van der Waals surface area contributed by atoms with E-state index in [2.05, 4.69) is 31.0 Å². The third kappa shape index (κ3) is 5.03. The van der Waals surface area contributed by atoms with E-state index in [-0.39, 0.29) is 35.4 Å². The molecule has 0 spiro atoms. The van der Waals surface area contributed by atoms with Crippen LogP contribution >= 0.6 is 10.9 Å². The second-order valence-corrected chi connectivity index (χ2v) is 10.2. The summed E-state index contributed by atoms with van der Waals surface area (Å²) >= 11 is 0.